The number of rotatable bonds is 7. The van der Waals surface area contributed by atoms with Crippen LogP contribution in [-0.2, 0) is 9.53 Å². The first-order valence-corrected chi connectivity index (χ1v) is 5.64. The average Bonchev–Trinajstić information content (AvgIpc) is 2.37. The van der Waals surface area contributed by atoms with Gasteiger partial charge in [0.05, 0.1) is 18.5 Å². The Bertz CT molecular complexity index is 423. The summed E-state index contributed by atoms with van der Waals surface area (Å²) in [6.07, 6.45) is -3.23. The number of amides is 1. The third kappa shape index (κ3) is 6.90. The number of anilines is 1. The summed E-state index contributed by atoms with van der Waals surface area (Å²) in [5.74, 6) is -0.594. The molecule has 0 saturated carbocycles. The molecule has 0 spiro atoms. The minimum atomic E-state index is -4.42. The minimum Gasteiger partial charge on any atom is -0.468 e. The van der Waals surface area contributed by atoms with E-state index in [4.69, 9.17) is 10.5 Å². The molecule has 1 amide bonds. The molecule has 1 rings (SSSR count). The van der Waals surface area contributed by atoms with Gasteiger partial charge in [0.2, 0.25) is 11.8 Å². The second kappa shape index (κ2) is 7.65. The van der Waals surface area contributed by atoms with Crippen molar-refractivity contribution in [2.45, 2.75) is 6.18 Å². The van der Waals surface area contributed by atoms with Gasteiger partial charge in [-0.25, -0.2) is 4.98 Å². The molecule has 0 radical (unpaired) electrons. The van der Waals surface area contributed by atoms with Crippen molar-refractivity contribution in [1.29, 1.82) is 0 Å². The number of alkyl halides is 3. The van der Waals surface area contributed by atoms with Crippen LogP contribution in [0.1, 0.15) is 0 Å². The van der Waals surface area contributed by atoms with Crippen LogP contribution in [0.3, 0.4) is 0 Å². The molecule has 1 aromatic heterocycles. The lowest BCUT2D eigenvalue weighted by atomic mass is 10.4. The van der Waals surface area contributed by atoms with Crippen molar-refractivity contribution in [2.75, 3.05) is 31.7 Å². The largest absolute Gasteiger partial charge is 0.468 e. The van der Waals surface area contributed by atoms with Crippen molar-refractivity contribution in [2.24, 2.45) is 5.73 Å². The van der Waals surface area contributed by atoms with E-state index in [0.717, 1.165) is 0 Å². The predicted molar refractivity (Wildman–Crippen MR) is 64.3 cm³/mol. The van der Waals surface area contributed by atoms with E-state index in [-0.39, 0.29) is 19.1 Å². The molecule has 9 heteroatoms. The quantitative estimate of drug-likeness (QED) is 0.731. The van der Waals surface area contributed by atoms with Crippen LogP contribution in [-0.4, -0.2) is 43.4 Å². The first kappa shape index (κ1) is 16.2. The van der Waals surface area contributed by atoms with Crippen molar-refractivity contribution in [1.82, 2.24) is 4.98 Å². The normalized spacial score (nSPS) is 11.2. The molecule has 0 fully saturated rings. The molecule has 3 N–H and O–H groups in total. The van der Waals surface area contributed by atoms with Crippen molar-refractivity contribution >= 4 is 11.6 Å². The fraction of sp³-hybridized carbons (Fsp3) is 0.455. The van der Waals surface area contributed by atoms with Crippen LogP contribution in [0, 0.1) is 0 Å². The number of carbonyl (C=O) groups is 1. The molecule has 0 aliphatic carbocycles. The Morgan fingerprint density at radius 1 is 1.40 bits per heavy atom. The third-order valence-electron chi connectivity index (χ3n) is 1.90. The number of nitrogens with one attached hydrogen (secondary N) is 1. The second-order valence-electron chi connectivity index (χ2n) is 3.68. The van der Waals surface area contributed by atoms with Gasteiger partial charge in [-0.3, -0.25) is 4.79 Å². The van der Waals surface area contributed by atoms with E-state index in [1.54, 1.807) is 0 Å². The molecular formula is C11H14F3N3O3. The number of hydrogen-bond donors (Lipinski definition) is 2. The number of carbonyl (C=O) groups excluding carboxylic acids is 1. The maximum absolute atomic E-state index is 11.9. The zero-order chi connectivity index (χ0) is 15.0. The van der Waals surface area contributed by atoms with Gasteiger partial charge in [0, 0.05) is 12.6 Å². The number of nitrogens with zero attached hydrogens (tertiary/aromatic N) is 1. The van der Waals surface area contributed by atoms with E-state index in [1.165, 1.54) is 18.3 Å². The van der Waals surface area contributed by atoms with Gasteiger partial charge in [-0.15, -0.1) is 0 Å². The van der Waals surface area contributed by atoms with Gasteiger partial charge in [-0.2, -0.15) is 13.2 Å². The number of halogens is 3. The highest BCUT2D eigenvalue weighted by Crippen LogP contribution is 2.17. The average molecular weight is 293 g/mol. The second-order valence-corrected chi connectivity index (χ2v) is 3.68. The highest BCUT2D eigenvalue weighted by atomic mass is 19.4. The Balaban J connectivity index is 2.40. The van der Waals surface area contributed by atoms with E-state index in [2.05, 4.69) is 15.0 Å². The van der Waals surface area contributed by atoms with Gasteiger partial charge in [-0.05, 0) is 6.07 Å². The molecule has 0 aliphatic heterocycles. The summed E-state index contributed by atoms with van der Waals surface area (Å²) in [5, 5.41) is 2.46. The Morgan fingerprint density at radius 2 is 2.15 bits per heavy atom. The molecule has 112 valence electrons. The van der Waals surface area contributed by atoms with Crippen LogP contribution >= 0.6 is 0 Å². The lowest BCUT2D eigenvalue weighted by Gasteiger charge is -2.09. The molecule has 0 aliphatic rings. The molecule has 0 saturated heterocycles. The summed E-state index contributed by atoms with van der Waals surface area (Å²) >= 11 is 0. The highest BCUT2D eigenvalue weighted by molar-refractivity contribution is 5.91. The highest BCUT2D eigenvalue weighted by Gasteiger charge is 2.28. The van der Waals surface area contributed by atoms with Gasteiger partial charge in [0.25, 0.3) is 0 Å². The number of hydrogen-bond acceptors (Lipinski definition) is 5. The van der Waals surface area contributed by atoms with Gasteiger partial charge in [0.1, 0.15) is 6.61 Å². The molecule has 0 bridgehead atoms. The lowest BCUT2D eigenvalue weighted by Crippen LogP contribution is -2.21. The lowest BCUT2D eigenvalue weighted by molar-refractivity contribution is -0.154. The Labute approximate surface area is 113 Å². The van der Waals surface area contributed by atoms with E-state index >= 15 is 0 Å². The van der Waals surface area contributed by atoms with E-state index in [9.17, 15) is 18.0 Å². The zero-order valence-corrected chi connectivity index (χ0v) is 10.4. The predicted octanol–water partition coefficient (Wildman–Crippen LogP) is 0.936. The standard InChI is InChI=1S/C11H14F3N3O3/c12-11(13,14)7-20-10-2-1-8(5-16-10)17-9(18)6-19-4-3-15/h1-2,5H,3-4,6-7,15H2,(H,17,18). The SMILES string of the molecule is NCCOCC(=O)Nc1ccc(OCC(F)(F)F)nc1. The van der Waals surface area contributed by atoms with Crippen LogP contribution in [0.25, 0.3) is 0 Å². The number of pyridine rings is 1. The summed E-state index contributed by atoms with van der Waals surface area (Å²) < 4.78 is 45.1. The molecule has 6 nitrogen and oxygen atoms in total. The van der Waals surface area contributed by atoms with E-state index in [1.807, 2.05) is 0 Å². The number of ether oxygens (including phenoxy) is 2. The Hall–Kier alpha value is -1.87. The van der Waals surface area contributed by atoms with E-state index < -0.39 is 18.7 Å². The topological polar surface area (TPSA) is 86.5 Å². The van der Waals surface area contributed by atoms with E-state index in [0.29, 0.717) is 12.2 Å². The fourth-order valence-electron chi connectivity index (χ4n) is 1.14. The fourth-order valence-corrected chi connectivity index (χ4v) is 1.14. The smallest absolute Gasteiger partial charge is 0.422 e. The van der Waals surface area contributed by atoms with Crippen LogP contribution in [0.4, 0.5) is 18.9 Å². The summed E-state index contributed by atoms with van der Waals surface area (Å²) in [6, 6.07) is 2.60. The first-order valence-electron chi connectivity index (χ1n) is 5.64. The summed E-state index contributed by atoms with van der Waals surface area (Å²) in [7, 11) is 0. The van der Waals surface area contributed by atoms with Gasteiger partial charge in [0.15, 0.2) is 6.61 Å². The maximum atomic E-state index is 11.9. The minimum absolute atomic E-state index is 0.163. The molecule has 0 aromatic carbocycles. The third-order valence-corrected chi connectivity index (χ3v) is 1.90. The van der Waals surface area contributed by atoms with Crippen molar-refractivity contribution in [3.63, 3.8) is 0 Å². The molecule has 20 heavy (non-hydrogen) atoms. The van der Waals surface area contributed by atoms with Crippen LogP contribution in [0.15, 0.2) is 18.3 Å². The molecule has 1 aromatic rings. The van der Waals surface area contributed by atoms with Gasteiger partial charge < -0.3 is 20.5 Å². The first-order chi connectivity index (χ1) is 9.40. The molecule has 0 unspecified atom stereocenters. The Kier molecular flexibility index (Phi) is 6.19. The van der Waals surface area contributed by atoms with Gasteiger partial charge in [-0.1, -0.05) is 0 Å². The van der Waals surface area contributed by atoms with Gasteiger partial charge >= 0.3 is 6.18 Å². The summed E-state index contributed by atoms with van der Waals surface area (Å²) in [6.45, 7) is -1.02. The van der Waals surface area contributed by atoms with Crippen LogP contribution in [0.5, 0.6) is 5.88 Å². The molecule has 0 atom stereocenters. The molecule has 1 heterocycles. The summed E-state index contributed by atoms with van der Waals surface area (Å²) in [4.78, 5) is 15.0. The van der Waals surface area contributed by atoms with Crippen molar-refractivity contribution in [3.8, 4) is 5.88 Å². The molecular weight excluding hydrogens is 279 g/mol. The maximum Gasteiger partial charge on any atom is 0.422 e. The Morgan fingerprint density at radius 3 is 2.70 bits per heavy atom. The van der Waals surface area contributed by atoms with Crippen LogP contribution < -0.4 is 15.8 Å². The summed E-state index contributed by atoms with van der Waals surface area (Å²) in [5.41, 5.74) is 5.51. The van der Waals surface area contributed by atoms with Crippen LogP contribution in [0.2, 0.25) is 0 Å². The number of nitrogens with two attached hydrogens (primary N) is 1. The number of aromatic nitrogens is 1. The zero-order valence-electron chi connectivity index (χ0n) is 10.4. The monoisotopic (exact) mass is 293 g/mol. The van der Waals surface area contributed by atoms with Crippen molar-refractivity contribution < 1.29 is 27.4 Å². The van der Waals surface area contributed by atoms with Crippen molar-refractivity contribution in [3.05, 3.63) is 18.3 Å².